The van der Waals surface area contributed by atoms with Crippen LogP contribution in [0, 0.1) is 13.8 Å². The molecule has 0 aliphatic heterocycles. The number of benzene rings is 1. The number of pyridine rings is 2. The van der Waals surface area contributed by atoms with Gasteiger partial charge in [0.25, 0.3) is 11.8 Å². The fourth-order valence-electron chi connectivity index (χ4n) is 3.32. The van der Waals surface area contributed by atoms with Gasteiger partial charge in [-0.05, 0) is 80.8 Å². The van der Waals surface area contributed by atoms with Crippen LogP contribution in [0.15, 0.2) is 54.9 Å². The van der Waals surface area contributed by atoms with Gasteiger partial charge in [0.1, 0.15) is 12.4 Å². The summed E-state index contributed by atoms with van der Waals surface area (Å²) < 4.78 is 5.32. The zero-order valence-electron chi connectivity index (χ0n) is 19.9. The lowest BCUT2D eigenvalue weighted by atomic mass is 10.1. The van der Waals surface area contributed by atoms with Gasteiger partial charge in [0.15, 0.2) is 0 Å². The number of aromatic nitrogens is 2. The van der Waals surface area contributed by atoms with Crippen molar-refractivity contribution in [1.29, 1.82) is 0 Å². The summed E-state index contributed by atoms with van der Waals surface area (Å²) in [5.74, 6) is 1.33. The summed E-state index contributed by atoms with van der Waals surface area (Å²) in [4.78, 5) is 33.5. The zero-order chi connectivity index (χ0) is 24.5. The first kappa shape index (κ1) is 25.4. The van der Waals surface area contributed by atoms with E-state index in [4.69, 9.17) is 4.74 Å². The van der Waals surface area contributed by atoms with Crippen molar-refractivity contribution in [3.63, 3.8) is 0 Å². The molecule has 8 heteroatoms. The average molecular weight is 479 g/mol. The summed E-state index contributed by atoms with van der Waals surface area (Å²) in [6.45, 7) is 7.76. The summed E-state index contributed by atoms with van der Waals surface area (Å²) in [7, 11) is 0. The molecule has 0 radical (unpaired) electrons. The molecule has 2 heterocycles. The summed E-state index contributed by atoms with van der Waals surface area (Å²) in [6, 6.07) is 13.3. The van der Waals surface area contributed by atoms with Crippen LogP contribution in [0.1, 0.15) is 46.6 Å². The first-order chi connectivity index (χ1) is 16.3. The molecule has 0 saturated heterocycles. The zero-order valence-corrected chi connectivity index (χ0v) is 20.7. The Morgan fingerprint density at radius 2 is 1.74 bits per heavy atom. The number of thioether (sulfide) groups is 1. The summed E-state index contributed by atoms with van der Waals surface area (Å²) in [5, 5.41) is 5.74. The van der Waals surface area contributed by atoms with E-state index in [2.05, 4.69) is 26.7 Å². The molecule has 3 rings (SSSR count). The number of anilines is 2. The van der Waals surface area contributed by atoms with Crippen molar-refractivity contribution in [3.05, 3.63) is 82.8 Å². The fraction of sp³-hybridized carbons (Fsp3) is 0.308. The number of nitrogens with zero attached hydrogens (tertiary/aromatic N) is 2. The molecule has 0 saturated carbocycles. The first-order valence-corrected chi connectivity index (χ1v) is 12.2. The Hall–Kier alpha value is -3.23. The van der Waals surface area contributed by atoms with Gasteiger partial charge in [-0.25, -0.2) is 4.98 Å². The summed E-state index contributed by atoms with van der Waals surface area (Å²) in [5.41, 5.74) is 5.26. The van der Waals surface area contributed by atoms with Crippen molar-refractivity contribution in [1.82, 2.24) is 9.97 Å². The van der Waals surface area contributed by atoms with Crippen LogP contribution in [0.4, 0.5) is 11.5 Å². The molecule has 2 amide bonds. The number of aryl methyl sites for hydroxylation is 2. The molecule has 0 unspecified atom stereocenters. The second kappa shape index (κ2) is 12.3. The van der Waals surface area contributed by atoms with Gasteiger partial charge < -0.3 is 15.4 Å². The number of rotatable bonds is 10. The van der Waals surface area contributed by atoms with Crippen LogP contribution in [0.5, 0.6) is 0 Å². The molecule has 178 valence electrons. The molecule has 7 nitrogen and oxygen atoms in total. The Balaban J connectivity index is 1.58. The van der Waals surface area contributed by atoms with E-state index >= 15 is 0 Å². The Morgan fingerprint density at radius 3 is 2.47 bits per heavy atom. The first-order valence-electron chi connectivity index (χ1n) is 11.1. The molecule has 0 atom stereocenters. The van der Waals surface area contributed by atoms with Crippen molar-refractivity contribution in [3.8, 4) is 0 Å². The second-order valence-electron chi connectivity index (χ2n) is 8.28. The molecule has 3 aromatic rings. The summed E-state index contributed by atoms with van der Waals surface area (Å²) >= 11 is 1.64. The van der Waals surface area contributed by atoms with E-state index in [0.29, 0.717) is 22.9 Å². The third-order valence-electron chi connectivity index (χ3n) is 4.76. The molecular formula is C26H30N4O3S. The maximum absolute atomic E-state index is 12.9. The third-order valence-corrected chi connectivity index (χ3v) is 5.78. The number of hydrogen-bond donors (Lipinski definition) is 2. The minimum atomic E-state index is -0.237. The van der Waals surface area contributed by atoms with Crippen LogP contribution in [-0.4, -0.2) is 34.5 Å². The van der Waals surface area contributed by atoms with E-state index in [1.54, 1.807) is 36.3 Å². The second-order valence-corrected chi connectivity index (χ2v) is 9.26. The highest BCUT2D eigenvalue weighted by atomic mass is 32.2. The van der Waals surface area contributed by atoms with Crippen LogP contribution in [0.3, 0.4) is 0 Å². The molecule has 0 aliphatic rings. The minimum Gasteiger partial charge on any atom is -0.369 e. The molecular weight excluding hydrogens is 448 g/mol. The van der Waals surface area contributed by atoms with Crippen LogP contribution in [0.25, 0.3) is 0 Å². The van der Waals surface area contributed by atoms with E-state index in [9.17, 15) is 9.59 Å². The van der Waals surface area contributed by atoms with Gasteiger partial charge in [0, 0.05) is 29.6 Å². The van der Waals surface area contributed by atoms with Gasteiger partial charge in [0.2, 0.25) is 0 Å². The minimum absolute atomic E-state index is 0.00897. The van der Waals surface area contributed by atoms with Crippen molar-refractivity contribution in [2.75, 3.05) is 17.2 Å². The molecule has 2 aromatic heterocycles. The van der Waals surface area contributed by atoms with E-state index in [-0.39, 0.29) is 24.5 Å². The Labute approximate surface area is 204 Å². The van der Waals surface area contributed by atoms with Gasteiger partial charge in [0.05, 0.1) is 17.4 Å². The molecule has 34 heavy (non-hydrogen) atoms. The van der Waals surface area contributed by atoms with E-state index in [0.717, 1.165) is 28.1 Å². The van der Waals surface area contributed by atoms with E-state index < -0.39 is 0 Å². The fourth-order valence-corrected chi connectivity index (χ4v) is 4.27. The number of hydrogen-bond acceptors (Lipinski definition) is 6. The number of ether oxygens (including phenoxy) is 1. The lowest BCUT2D eigenvalue weighted by Gasteiger charge is -2.11. The smallest absolute Gasteiger partial charge is 0.257 e. The Bertz CT molecular complexity index is 1130. The topological polar surface area (TPSA) is 93.2 Å². The van der Waals surface area contributed by atoms with E-state index in [1.165, 1.54) is 0 Å². The highest BCUT2D eigenvalue weighted by Crippen LogP contribution is 2.21. The summed E-state index contributed by atoms with van der Waals surface area (Å²) in [6.07, 6.45) is 3.35. The van der Waals surface area contributed by atoms with Crippen molar-refractivity contribution < 1.29 is 14.3 Å². The quantitative estimate of drug-likeness (QED) is 0.419. The predicted octanol–water partition coefficient (Wildman–Crippen LogP) is 5.14. The largest absolute Gasteiger partial charge is 0.369 e. The number of nitrogens with one attached hydrogen (secondary N) is 2. The molecule has 0 fully saturated rings. The molecule has 1 aromatic carbocycles. The van der Waals surface area contributed by atoms with Crippen molar-refractivity contribution >= 4 is 35.1 Å². The Kier molecular flexibility index (Phi) is 9.18. The predicted molar refractivity (Wildman–Crippen MR) is 137 cm³/mol. The maximum Gasteiger partial charge on any atom is 0.257 e. The van der Waals surface area contributed by atoms with Gasteiger partial charge in [-0.15, -0.1) is 0 Å². The van der Waals surface area contributed by atoms with Crippen LogP contribution >= 0.6 is 11.8 Å². The monoisotopic (exact) mass is 478 g/mol. The molecule has 0 bridgehead atoms. The van der Waals surface area contributed by atoms with Crippen molar-refractivity contribution in [2.45, 2.75) is 45.3 Å². The van der Waals surface area contributed by atoms with Crippen molar-refractivity contribution in [2.24, 2.45) is 0 Å². The van der Waals surface area contributed by atoms with Gasteiger partial charge in [-0.1, -0.05) is 6.07 Å². The standard InChI is InChI=1S/C26H30N4O3S/c1-17(2)33-14-25(31)30-24-13-20(7-9-28-24)15-34-16-23-22(6-5-8-27-23)26(32)29-21-11-18(3)10-19(4)12-21/h5-13,17H,14-16H2,1-4H3,(H,29,32)(H,28,30,31). The van der Waals surface area contributed by atoms with Crippen LogP contribution in [-0.2, 0) is 21.0 Å². The van der Waals surface area contributed by atoms with Crippen LogP contribution in [0.2, 0.25) is 0 Å². The molecule has 2 N–H and O–H groups in total. The third kappa shape index (κ3) is 7.97. The number of amides is 2. The van der Waals surface area contributed by atoms with E-state index in [1.807, 2.05) is 52.0 Å². The number of carbonyl (C=O) groups is 2. The van der Waals surface area contributed by atoms with Gasteiger partial charge in [-0.2, -0.15) is 11.8 Å². The molecule has 0 spiro atoms. The lowest BCUT2D eigenvalue weighted by Crippen LogP contribution is -2.21. The molecule has 0 aliphatic carbocycles. The number of carbonyl (C=O) groups excluding carboxylic acids is 2. The SMILES string of the molecule is Cc1cc(C)cc(NC(=O)c2cccnc2CSCc2ccnc(NC(=O)COC(C)C)c2)c1. The maximum atomic E-state index is 12.9. The highest BCUT2D eigenvalue weighted by Gasteiger charge is 2.13. The lowest BCUT2D eigenvalue weighted by molar-refractivity contribution is -0.121. The Morgan fingerprint density at radius 1 is 0.971 bits per heavy atom. The highest BCUT2D eigenvalue weighted by molar-refractivity contribution is 7.97. The average Bonchev–Trinajstić information content (AvgIpc) is 2.77. The normalized spacial score (nSPS) is 10.9. The van der Waals surface area contributed by atoms with Crippen LogP contribution < -0.4 is 10.6 Å². The van der Waals surface area contributed by atoms with Gasteiger partial charge in [-0.3, -0.25) is 14.6 Å². The van der Waals surface area contributed by atoms with Gasteiger partial charge >= 0.3 is 0 Å².